The standard InChI is InChI=1S/C12H22N4O3S/c1-4-6-16(7-8-19-3)20(17,18)12-11(9-13-5-2)10-14-15-12/h4,10,13H,1,5-9H2,2-3H3,(H,14,15). The first-order chi connectivity index (χ1) is 9.57. The van der Waals surface area contributed by atoms with Gasteiger partial charge in [0.05, 0.1) is 12.8 Å². The van der Waals surface area contributed by atoms with Crippen molar-refractivity contribution in [1.29, 1.82) is 0 Å². The number of ether oxygens (including phenoxy) is 1. The Bertz CT molecular complexity index is 513. The van der Waals surface area contributed by atoms with E-state index >= 15 is 0 Å². The molecule has 1 aromatic heterocycles. The number of nitrogens with one attached hydrogen (secondary N) is 2. The molecule has 0 atom stereocenters. The Morgan fingerprint density at radius 1 is 1.60 bits per heavy atom. The molecule has 7 nitrogen and oxygen atoms in total. The molecule has 0 fully saturated rings. The third kappa shape index (κ3) is 4.14. The number of aromatic nitrogens is 2. The van der Waals surface area contributed by atoms with Crippen LogP contribution in [0.25, 0.3) is 0 Å². The van der Waals surface area contributed by atoms with Crippen molar-refractivity contribution in [3.63, 3.8) is 0 Å². The molecule has 1 heterocycles. The van der Waals surface area contributed by atoms with Gasteiger partial charge in [0.25, 0.3) is 10.0 Å². The molecule has 8 heteroatoms. The summed E-state index contributed by atoms with van der Waals surface area (Å²) in [6, 6.07) is 0. The predicted octanol–water partition coefficient (Wildman–Crippen LogP) is 0.342. The van der Waals surface area contributed by atoms with Crippen molar-refractivity contribution in [3.05, 3.63) is 24.4 Å². The second-order valence-corrected chi connectivity index (χ2v) is 6.02. The van der Waals surface area contributed by atoms with Gasteiger partial charge in [-0.25, -0.2) is 8.42 Å². The van der Waals surface area contributed by atoms with E-state index < -0.39 is 10.0 Å². The summed E-state index contributed by atoms with van der Waals surface area (Å²) < 4.78 is 31.5. The van der Waals surface area contributed by atoms with Gasteiger partial charge in [0.15, 0.2) is 5.03 Å². The maximum Gasteiger partial charge on any atom is 0.260 e. The molecule has 0 saturated heterocycles. The molecule has 0 amide bonds. The minimum absolute atomic E-state index is 0.122. The van der Waals surface area contributed by atoms with E-state index in [2.05, 4.69) is 22.1 Å². The molecular weight excluding hydrogens is 280 g/mol. The van der Waals surface area contributed by atoms with Gasteiger partial charge >= 0.3 is 0 Å². The van der Waals surface area contributed by atoms with Crippen molar-refractivity contribution in [2.75, 3.05) is 33.4 Å². The summed E-state index contributed by atoms with van der Waals surface area (Å²) in [6.45, 7) is 7.57. The van der Waals surface area contributed by atoms with Gasteiger partial charge in [0.2, 0.25) is 0 Å². The van der Waals surface area contributed by atoms with E-state index in [1.54, 1.807) is 6.08 Å². The SMILES string of the molecule is C=CCN(CCOC)S(=O)(=O)c1[nH]ncc1CNCC. The summed E-state index contributed by atoms with van der Waals surface area (Å²) in [5, 5.41) is 9.62. The number of rotatable bonds is 10. The van der Waals surface area contributed by atoms with Gasteiger partial charge in [-0.2, -0.15) is 9.40 Å². The van der Waals surface area contributed by atoms with Crippen LogP contribution in [0.5, 0.6) is 0 Å². The maximum atomic E-state index is 12.6. The van der Waals surface area contributed by atoms with Gasteiger partial charge in [-0.15, -0.1) is 6.58 Å². The Kier molecular flexibility index (Phi) is 6.86. The minimum atomic E-state index is -3.63. The highest BCUT2D eigenvalue weighted by molar-refractivity contribution is 7.89. The number of methoxy groups -OCH3 is 1. The topological polar surface area (TPSA) is 87.3 Å². The van der Waals surface area contributed by atoms with Gasteiger partial charge in [-0.05, 0) is 6.54 Å². The minimum Gasteiger partial charge on any atom is -0.383 e. The van der Waals surface area contributed by atoms with Crippen LogP contribution in [0.4, 0.5) is 0 Å². The zero-order valence-corrected chi connectivity index (χ0v) is 12.7. The number of H-pyrrole nitrogens is 1. The lowest BCUT2D eigenvalue weighted by Gasteiger charge is -2.20. The van der Waals surface area contributed by atoms with Crippen molar-refractivity contribution in [2.45, 2.75) is 18.5 Å². The van der Waals surface area contributed by atoms with Crippen LogP contribution in [0, 0.1) is 0 Å². The maximum absolute atomic E-state index is 12.6. The van der Waals surface area contributed by atoms with E-state index in [1.807, 2.05) is 6.92 Å². The molecule has 1 rings (SSSR count). The second-order valence-electron chi connectivity index (χ2n) is 4.15. The second kappa shape index (κ2) is 8.15. The van der Waals surface area contributed by atoms with Crippen LogP contribution >= 0.6 is 0 Å². The number of hydrogen-bond donors (Lipinski definition) is 2. The number of aromatic amines is 1. The van der Waals surface area contributed by atoms with Crippen LogP contribution in [0.3, 0.4) is 0 Å². The molecule has 0 spiro atoms. The summed E-state index contributed by atoms with van der Waals surface area (Å²) in [5.41, 5.74) is 0.623. The zero-order chi connectivity index (χ0) is 15.0. The van der Waals surface area contributed by atoms with Gasteiger partial charge in [-0.1, -0.05) is 13.0 Å². The summed E-state index contributed by atoms with van der Waals surface area (Å²) in [4.78, 5) is 0. The van der Waals surface area contributed by atoms with E-state index in [0.717, 1.165) is 6.54 Å². The third-order valence-electron chi connectivity index (χ3n) is 2.72. The smallest absolute Gasteiger partial charge is 0.260 e. The quantitative estimate of drug-likeness (QED) is 0.609. The van der Waals surface area contributed by atoms with E-state index in [9.17, 15) is 8.42 Å². The van der Waals surface area contributed by atoms with Crippen molar-refractivity contribution in [2.24, 2.45) is 0 Å². The first-order valence-corrected chi connectivity index (χ1v) is 7.84. The summed E-state index contributed by atoms with van der Waals surface area (Å²) >= 11 is 0. The molecule has 0 radical (unpaired) electrons. The van der Waals surface area contributed by atoms with Gasteiger partial charge < -0.3 is 10.1 Å². The Morgan fingerprint density at radius 3 is 2.95 bits per heavy atom. The van der Waals surface area contributed by atoms with Crippen LogP contribution < -0.4 is 5.32 Å². The summed E-state index contributed by atoms with van der Waals surface area (Å²) in [5.74, 6) is 0. The van der Waals surface area contributed by atoms with Crippen molar-refractivity contribution in [3.8, 4) is 0 Å². The lowest BCUT2D eigenvalue weighted by atomic mass is 10.3. The summed E-state index contributed by atoms with van der Waals surface area (Å²) in [6.07, 6.45) is 3.07. The summed E-state index contributed by atoms with van der Waals surface area (Å²) in [7, 11) is -2.10. The molecule has 1 aromatic rings. The fourth-order valence-corrected chi connectivity index (χ4v) is 3.18. The Morgan fingerprint density at radius 2 is 2.35 bits per heavy atom. The van der Waals surface area contributed by atoms with Crippen LogP contribution in [0.15, 0.2) is 23.9 Å². The lowest BCUT2D eigenvalue weighted by molar-refractivity contribution is 0.182. The number of hydrogen-bond acceptors (Lipinski definition) is 5. The third-order valence-corrected chi connectivity index (χ3v) is 4.60. The Hall–Kier alpha value is -1.22. The van der Waals surface area contributed by atoms with Gasteiger partial charge in [0, 0.05) is 32.3 Å². The highest BCUT2D eigenvalue weighted by Gasteiger charge is 2.27. The molecule has 0 aliphatic heterocycles. The van der Waals surface area contributed by atoms with Crippen molar-refractivity contribution in [1.82, 2.24) is 19.8 Å². The first-order valence-electron chi connectivity index (χ1n) is 6.40. The fraction of sp³-hybridized carbons (Fsp3) is 0.583. The average Bonchev–Trinajstić information content (AvgIpc) is 2.90. The Labute approximate surface area is 120 Å². The van der Waals surface area contributed by atoms with Crippen molar-refractivity contribution < 1.29 is 13.2 Å². The van der Waals surface area contributed by atoms with E-state index in [1.165, 1.54) is 17.6 Å². The van der Waals surface area contributed by atoms with E-state index in [-0.39, 0.29) is 18.1 Å². The predicted molar refractivity (Wildman–Crippen MR) is 76.8 cm³/mol. The normalized spacial score (nSPS) is 11.9. The highest BCUT2D eigenvalue weighted by Crippen LogP contribution is 2.17. The molecule has 0 saturated carbocycles. The molecule has 114 valence electrons. The zero-order valence-electron chi connectivity index (χ0n) is 11.9. The van der Waals surface area contributed by atoms with Crippen LogP contribution in [-0.4, -0.2) is 56.3 Å². The molecule has 2 N–H and O–H groups in total. The molecule has 0 bridgehead atoms. The van der Waals surface area contributed by atoms with Crippen LogP contribution in [0.2, 0.25) is 0 Å². The molecule has 0 aromatic carbocycles. The van der Waals surface area contributed by atoms with Gasteiger partial charge in [-0.3, -0.25) is 5.10 Å². The number of sulfonamides is 1. The average molecular weight is 302 g/mol. The Balaban J connectivity index is 2.99. The molecular formula is C12H22N4O3S. The molecule has 0 aliphatic carbocycles. The molecule has 20 heavy (non-hydrogen) atoms. The number of nitrogens with zero attached hydrogens (tertiary/aromatic N) is 2. The van der Waals surface area contributed by atoms with Crippen molar-refractivity contribution >= 4 is 10.0 Å². The van der Waals surface area contributed by atoms with E-state index in [0.29, 0.717) is 18.7 Å². The molecule has 0 aliphatic rings. The first kappa shape index (κ1) is 16.8. The van der Waals surface area contributed by atoms with Crippen LogP contribution in [-0.2, 0) is 21.3 Å². The lowest BCUT2D eigenvalue weighted by Crippen LogP contribution is -2.35. The fourth-order valence-electron chi connectivity index (χ4n) is 1.68. The van der Waals surface area contributed by atoms with E-state index in [4.69, 9.17) is 4.74 Å². The highest BCUT2D eigenvalue weighted by atomic mass is 32.2. The van der Waals surface area contributed by atoms with Gasteiger partial charge in [0.1, 0.15) is 0 Å². The monoisotopic (exact) mass is 302 g/mol. The van der Waals surface area contributed by atoms with Crippen LogP contribution in [0.1, 0.15) is 12.5 Å². The molecule has 0 unspecified atom stereocenters. The largest absolute Gasteiger partial charge is 0.383 e.